The summed E-state index contributed by atoms with van der Waals surface area (Å²) in [5.41, 5.74) is 0. The molecule has 0 aromatic heterocycles. The number of aliphatic carboxylic acids is 1. The number of hydrogen-bond acceptors (Lipinski definition) is 3. The Labute approximate surface area is 57.6 Å². The molecule has 0 aliphatic rings. The van der Waals surface area contributed by atoms with E-state index in [1.807, 2.05) is 0 Å². The number of aliphatic hydroxyl groups is 1. The Morgan fingerprint density at radius 1 is 1.50 bits per heavy atom. The summed E-state index contributed by atoms with van der Waals surface area (Å²) in [5, 5.41) is 16.5. The van der Waals surface area contributed by atoms with Crippen molar-refractivity contribution in [1.29, 1.82) is 0 Å². The molecule has 5 heteroatoms. The number of aliphatic hydroxyl groups excluding tert-OH is 1. The van der Waals surface area contributed by atoms with E-state index in [1.54, 1.807) is 0 Å². The second-order valence-corrected chi connectivity index (χ2v) is 1.78. The molecule has 4 N–H and O–H groups in total. The fourth-order valence-electron chi connectivity index (χ4n) is 0.356. The second kappa shape index (κ2) is 4.89. The molecule has 0 amide bonds. The molecule has 0 fully saturated rings. The van der Waals surface area contributed by atoms with Gasteiger partial charge in [0.15, 0.2) is 0 Å². The first-order chi connectivity index (χ1) is 4.04. The van der Waals surface area contributed by atoms with Gasteiger partial charge in [-0.15, -0.1) is 0 Å². The minimum absolute atomic E-state index is 0. The number of carboxylic acids is 1. The Morgan fingerprint density at radius 2 is 1.90 bits per heavy atom. The molecule has 0 bridgehead atoms. The zero-order chi connectivity index (χ0) is 7.44. The predicted molar refractivity (Wildman–Crippen MR) is 32.6 cm³/mol. The number of Topliss-reactive ketones (excluding diaryl/α,β-unsaturated/α-hetero) is 1. The molecule has 60 valence electrons. The van der Waals surface area contributed by atoms with Crippen LogP contribution in [0.4, 0.5) is 0 Å². The van der Waals surface area contributed by atoms with E-state index >= 15 is 0 Å². The van der Waals surface area contributed by atoms with Crippen LogP contribution >= 0.6 is 0 Å². The van der Waals surface area contributed by atoms with Crippen LogP contribution in [0.5, 0.6) is 0 Å². The quantitative estimate of drug-likeness (QED) is 0.482. The van der Waals surface area contributed by atoms with E-state index in [2.05, 4.69) is 0 Å². The van der Waals surface area contributed by atoms with Crippen molar-refractivity contribution in [2.75, 3.05) is 0 Å². The maximum atomic E-state index is 10.2. The Bertz CT molecular complexity index is 128. The summed E-state index contributed by atoms with van der Waals surface area (Å²) in [7, 11) is 0. The van der Waals surface area contributed by atoms with E-state index in [9.17, 15) is 9.59 Å². The highest BCUT2D eigenvalue weighted by Gasteiger charge is 2.12. The second-order valence-electron chi connectivity index (χ2n) is 1.78. The Morgan fingerprint density at radius 3 is 2.00 bits per heavy atom. The highest BCUT2D eigenvalue weighted by Crippen LogP contribution is 1.89. The van der Waals surface area contributed by atoms with Crippen molar-refractivity contribution in [2.24, 2.45) is 0 Å². The molecular formula is C5H10O5. The average molecular weight is 150 g/mol. The van der Waals surface area contributed by atoms with E-state index in [1.165, 1.54) is 6.92 Å². The van der Waals surface area contributed by atoms with Gasteiger partial charge in [0.05, 0.1) is 6.10 Å². The number of rotatable bonds is 3. The zero-order valence-corrected chi connectivity index (χ0v) is 5.50. The van der Waals surface area contributed by atoms with Gasteiger partial charge >= 0.3 is 5.97 Å². The van der Waals surface area contributed by atoms with Crippen LogP contribution in [0.3, 0.4) is 0 Å². The monoisotopic (exact) mass is 150 g/mol. The topological polar surface area (TPSA) is 106 Å². The van der Waals surface area contributed by atoms with Gasteiger partial charge in [-0.3, -0.25) is 4.79 Å². The van der Waals surface area contributed by atoms with Gasteiger partial charge in [-0.2, -0.15) is 0 Å². The van der Waals surface area contributed by atoms with Gasteiger partial charge in [-0.1, -0.05) is 0 Å². The molecule has 10 heavy (non-hydrogen) atoms. The van der Waals surface area contributed by atoms with Crippen molar-refractivity contribution in [1.82, 2.24) is 0 Å². The third-order valence-corrected chi connectivity index (χ3v) is 0.719. The van der Waals surface area contributed by atoms with Crippen molar-refractivity contribution < 1.29 is 25.3 Å². The number of carbonyl (C=O) groups excluding carboxylic acids is 1. The third-order valence-electron chi connectivity index (χ3n) is 0.719. The van der Waals surface area contributed by atoms with Crippen LogP contribution in [-0.4, -0.2) is 33.5 Å². The van der Waals surface area contributed by atoms with Crippen LogP contribution in [0.25, 0.3) is 0 Å². The number of carboxylic acid groups (broad SMARTS) is 1. The summed E-state index contributed by atoms with van der Waals surface area (Å²) >= 11 is 0. The molecule has 0 spiro atoms. The Kier molecular flexibility index (Phi) is 5.78. The Balaban J connectivity index is 0. The summed E-state index contributed by atoms with van der Waals surface area (Å²) in [6.07, 6.45) is -1.18. The molecule has 0 aliphatic heterocycles. The molecule has 5 nitrogen and oxygen atoms in total. The lowest BCUT2D eigenvalue weighted by Gasteiger charge is -1.96. The van der Waals surface area contributed by atoms with Gasteiger partial charge in [0, 0.05) is 6.42 Å². The van der Waals surface area contributed by atoms with Crippen LogP contribution < -0.4 is 0 Å². The maximum absolute atomic E-state index is 10.2. The normalized spacial score (nSPS) is 11.4. The summed E-state index contributed by atoms with van der Waals surface area (Å²) in [6, 6.07) is 0. The fourth-order valence-corrected chi connectivity index (χ4v) is 0.356. The molecule has 1 unspecified atom stereocenters. The predicted octanol–water partition coefficient (Wildman–Crippen LogP) is -1.41. The van der Waals surface area contributed by atoms with Gasteiger partial charge in [0.1, 0.15) is 0 Å². The van der Waals surface area contributed by atoms with Crippen molar-refractivity contribution in [3.63, 3.8) is 0 Å². The van der Waals surface area contributed by atoms with Crippen LogP contribution in [0, 0.1) is 0 Å². The SMILES string of the molecule is CC(O)CC(=O)C(=O)O.O. The van der Waals surface area contributed by atoms with Crippen molar-refractivity contribution in [3.8, 4) is 0 Å². The minimum Gasteiger partial charge on any atom is -0.475 e. The van der Waals surface area contributed by atoms with Crippen LogP contribution in [0.15, 0.2) is 0 Å². The van der Waals surface area contributed by atoms with Crippen molar-refractivity contribution in [3.05, 3.63) is 0 Å². The van der Waals surface area contributed by atoms with Gasteiger partial charge in [0.25, 0.3) is 0 Å². The van der Waals surface area contributed by atoms with Gasteiger partial charge in [-0.05, 0) is 6.92 Å². The summed E-state index contributed by atoms with van der Waals surface area (Å²) in [5.74, 6) is -2.44. The van der Waals surface area contributed by atoms with Crippen LogP contribution in [0.1, 0.15) is 13.3 Å². The number of ketones is 1. The van der Waals surface area contributed by atoms with Gasteiger partial charge < -0.3 is 15.7 Å². The van der Waals surface area contributed by atoms with E-state index in [0.29, 0.717) is 0 Å². The molecule has 1 atom stereocenters. The minimum atomic E-state index is -1.49. The lowest BCUT2D eigenvalue weighted by molar-refractivity contribution is -0.149. The maximum Gasteiger partial charge on any atom is 0.372 e. The van der Waals surface area contributed by atoms with Crippen molar-refractivity contribution >= 4 is 11.8 Å². The lowest BCUT2D eigenvalue weighted by atomic mass is 10.2. The molecular weight excluding hydrogens is 140 g/mol. The first-order valence-corrected chi connectivity index (χ1v) is 2.48. The first kappa shape index (κ1) is 11.8. The lowest BCUT2D eigenvalue weighted by Crippen LogP contribution is -2.17. The van der Waals surface area contributed by atoms with E-state index < -0.39 is 17.9 Å². The number of carbonyl (C=O) groups is 2. The van der Waals surface area contributed by atoms with Gasteiger partial charge in [0.2, 0.25) is 5.78 Å². The Hall–Kier alpha value is -0.940. The van der Waals surface area contributed by atoms with E-state index in [4.69, 9.17) is 10.2 Å². The van der Waals surface area contributed by atoms with E-state index in [0.717, 1.165) is 0 Å². The third kappa shape index (κ3) is 5.20. The molecule has 0 heterocycles. The largest absolute Gasteiger partial charge is 0.475 e. The average Bonchev–Trinajstić information content (AvgIpc) is 1.63. The fraction of sp³-hybridized carbons (Fsp3) is 0.600. The standard InChI is InChI=1S/C5H8O4.H2O/c1-3(6)2-4(7)5(8)9;/h3,6H,2H2,1H3,(H,8,9);1H2. The molecule has 0 saturated carbocycles. The molecule has 0 aromatic carbocycles. The molecule has 0 rings (SSSR count). The van der Waals surface area contributed by atoms with E-state index in [-0.39, 0.29) is 11.9 Å². The summed E-state index contributed by atoms with van der Waals surface area (Å²) in [4.78, 5) is 20.0. The zero-order valence-electron chi connectivity index (χ0n) is 5.50. The first-order valence-electron chi connectivity index (χ1n) is 2.48. The molecule has 0 saturated heterocycles. The van der Waals surface area contributed by atoms with Gasteiger partial charge in [-0.25, -0.2) is 4.79 Å². The molecule has 0 aromatic rings. The van der Waals surface area contributed by atoms with Crippen LogP contribution in [-0.2, 0) is 9.59 Å². The number of hydrogen-bond donors (Lipinski definition) is 2. The summed E-state index contributed by atoms with van der Waals surface area (Å²) in [6.45, 7) is 1.36. The highest BCUT2D eigenvalue weighted by atomic mass is 16.4. The molecule has 0 radical (unpaired) electrons. The molecule has 0 aliphatic carbocycles. The van der Waals surface area contributed by atoms with Crippen molar-refractivity contribution in [2.45, 2.75) is 19.4 Å². The van der Waals surface area contributed by atoms with Crippen LogP contribution in [0.2, 0.25) is 0 Å². The summed E-state index contributed by atoms with van der Waals surface area (Å²) < 4.78 is 0. The highest BCUT2D eigenvalue weighted by molar-refractivity contribution is 6.32. The smallest absolute Gasteiger partial charge is 0.372 e.